The van der Waals surface area contributed by atoms with E-state index in [1.165, 1.54) is 13.2 Å². The number of nitro benzene ring substituents is 1. The molecule has 0 amide bonds. The van der Waals surface area contributed by atoms with Crippen molar-refractivity contribution in [3.05, 3.63) is 28.1 Å². The van der Waals surface area contributed by atoms with Crippen LogP contribution in [0.3, 0.4) is 0 Å². The predicted molar refractivity (Wildman–Crippen MR) is 71.7 cm³/mol. The van der Waals surface area contributed by atoms with Gasteiger partial charge in [0.1, 0.15) is 0 Å². The average molecular weight is 284 g/mol. The van der Waals surface area contributed by atoms with Crippen molar-refractivity contribution in [2.75, 3.05) is 25.1 Å². The molecule has 1 heterocycles. The molecule has 0 aliphatic carbocycles. The van der Waals surface area contributed by atoms with Gasteiger partial charge in [0.05, 0.1) is 29.4 Å². The number of hydrogen-bond donors (Lipinski definition) is 1. The number of methoxy groups -OCH3 is 1. The Bertz CT molecular complexity index is 533. The Morgan fingerprint density at radius 2 is 2.25 bits per heavy atom. The Morgan fingerprint density at radius 3 is 2.80 bits per heavy atom. The quantitative estimate of drug-likeness (QED) is 0.679. The highest BCUT2D eigenvalue weighted by Gasteiger charge is 2.31. The number of benzene rings is 1. The summed E-state index contributed by atoms with van der Waals surface area (Å²) in [4.78, 5) is 11.8. The van der Waals surface area contributed by atoms with Crippen LogP contribution in [0, 0.1) is 15.9 Å². The summed E-state index contributed by atoms with van der Waals surface area (Å²) < 4.78 is 19.0. The third kappa shape index (κ3) is 2.82. The summed E-state index contributed by atoms with van der Waals surface area (Å²) in [5, 5.41) is 20.9. The number of nitrogens with zero attached hydrogens (tertiary/aromatic N) is 2. The van der Waals surface area contributed by atoms with Gasteiger partial charge in [0, 0.05) is 19.2 Å². The number of halogens is 1. The van der Waals surface area contributed by atoms with Gasteiger partial charge in [-0.1, -0.05) is 0 Å². The largest absolute Gasteiger partial charge is 0.490 e. The molecule has 0 spiro atoms. The van der Waals surface area contributed by atoms with Gasteiger partial charge in [0.25, 0.3) is 0 Å². The van der Waals surface area contributed by atoms with Crippen LogP contribution in [0.1, 0.15) is 19.8 Å². The third-order valence-corrected chi connectivity index (χ3v) is 3.46. The molecule has 1 fully saturated rings. The SMILES string of the molecule is COc1cc(N2CCCC(C)(O)C2)c(F)cc1[N+](=O)[O-]. The summed E-state index contributed by atoms with van der Waals surface area (Å²) in [6, 6.07) is 2.17. The van der Waals surface area contributed by atoms with Gasteiger partial charge in [-0.05, 0) is 19.8 Å². The normalized spacial score (nSPS) is 22.7. The first kappa shape index (κ1) is 14.5. The zero-order chi connectivity index (χ0) is 14.9. The first-order chi connectivity index (χ1) is 9.34. The van der Waals surface area contributed by atoms with Gasteiger partial charge in [-0.25, -0.2) is 4.39 Å². The van der Waals surface area contributed by atoms with Gasteiger partial charge >= 0.3 is 5.69 Å². The summed E-state index contributed by atoms with van der Waals surface area (Å²) in [5.41, 5.74) is -1.08. The molecule has 110 valence electrons. The maximum atomic E-state index is 14.1. The van der Waals surface area contributed by atoms with Crippen LogP contribution in [0.4, 0.5) is 15.8 Å². The molecule has 1 aliphatic heterocycles. The predicted octanol–water partition coefficient (Wildman–Crippen LogP) is 2.09. The molecule has 1 unspecified atom stereocenters. The van der Waals surface area contributed by atoms with Crippen molar-refractivity contribution < 1.29 is 19.2 Å². The molecule has 7 heteroatoms. The first-order valence-electron chi connectivity index (χ1n) is 6.33. The topological polar surface area (TPSA) is 75.8 Å². The van der Waals surface area contributed by atoms with E-state index < -0.39 is 22.0 Å². The molecule has 1 saturated heterocycles. The molecule has 6 nitrogen and oxygen atoms in total. The van der Waals surface area contributed by atoms with Crippen molar-refractivity contribution >= 4 is 11.4 Å². The molecule has 0 saturated carbocycles. The average Bonchev–Trinajstić information content (AvgIpc) is 2.37. The molecular weight excluding hydrogens is 267 g/mol. The van der Waals surface area contributed by atoms with Crippen LogP contribution < -0.4 is 9.64 Å². The molecule has 1 aromatic carbocycles. The summed E-state index contributed by atoms with van der Waals surface area (Å²) in [6.07, 6.45) is 1.38. The van der Waals surface area contributed by atoms with Crippen LogP contribution in [0.25, 0.3) is 0 Å². The minimum Gasteiger partial charge on any atom is -0.490 e. The molecule has 1 aliphatic rings. The van der Waals surface area contributed by atoms with E-state index in [1.807, 2.05) is 0 Å². The molecule has 1 atom stereocenters. The third-order valence-electron chi connectivity index (χ3n) is 3.46. The Labute approximate surface area is 115 Å². The van der Waals surface area contributed by atoms with Crippen molar-refractivity contribution in [2.45, 2.75) is 25.4 Å². The van der Waals surface area contributed by atoms with E-state index in [-0.39, 0.29) is 18.0 Å². The molecule has 2 rings (SSSR count). The summed E-state index contributed by atoms with van der Waals surface area (Å²) in [6.45, 7) is 2.57. The fourth-order valence-electron chi connectivity index (χ4n) is 2.51. The number of ether oxygens (including phenoxy) is 1. The second-order valence-electron chi connectivity index (χ2n) is 5.25. The van der Waals surface area contributed by atoms with E-state index in [0.29, 0.717) is 13.0 Å². The lowest BCUT2D eigenvalue weighted by atomic mass is 9.94. The van der Waals surface area contributed by atoms with Gasteiger partial charge < -0.3 is 14.7 Å². The highest BCUT2D eigenvalue weighted by atomic mass is 19.1. The van der Waals surface area contributed by atoms with Gasteiger partial charge in [0.2, 0.25) is 0 Å². The Kier molecular flexibility index (Phi) is 3.80. The minimum absolute atomic E-state index is 0.0108. The van der Waals surface area contributed by atoms with Crippen molar-refractivity contribution in [3.8, 4) is 5.75 Å². The standard InChI is InChI=1S/C13H17FN2O4/c1-13(17)4-3-5-15(8-13)10-7-12(20-2)11(16(18)19)6-9(10)14/h6-7,17H,3-5,8H2,1-2H3. The van der Waals surface area contributed by atoms with Crippen LogP contribution in [0.2, 0.25) is 0 Å². The van der Waals surface area contributed by atoms with E-state index in [2.05, 4.69) is 0 Å². The Hall–Kier alpha value is -1.89. The lowest BCUT2D eigenvalue weighted by Crippen LogP contribution is -2.46. The van der Waals surface area contributed by atoms with Crippen molar-refractivity contribution in [3.63, 3.8) is 0 Å². The smallest absolute Gasteiger partial charge is 0.313 e. The van der Waals surface area contributed by atoms with E-state index in [9.17, 15) is 19.6 Å². The van der Waals surface area contributed by atoms with Crippen molar-refractivity contribution in [1.82, 2.24) is 0 Å². The van der Waals surface area contributed by atoms with Crippen LogP contribution in [-0.4, -0.2) is 35.8 Å². The number of rotatable bonds is 3. The zero-order valence-electron chi connectivity index (χ0n) is 11.4. The van der Waals surface area contributed by atoms with Crippen LogP contribution in [0.15, 0.2) is 12.1 Å². The zero-order valence-corrected chi connectivity index (χ0v) is 11.4. The Morgan fingerprint density at radius 1 is 1.55 bits per heavy atom. The fraction of sp³-hybridized carbons (Fsp3) is 0.538. The number of aliphatic hydroxyl groups is 1. The molecule has 0 aromatic heterocycles. The van der Waals surface area contributed by atoms with Gasteiger partial charge in [-0.2, -0.15) is 0 Å². The number of piperidine rings is 1. The van der Waals surface area contributed by atoms with Crippen LogP contribution >= 0.6 is 0 Å². The van der Waals surface area contributed by atoms with Crippen LogP contribution in [0.5, 0.6) is 5.75 Å². The fourth-order valence-corrected chi connectivity index (χ4v) is 2.51. The lowest BCUT2D eigenvalue weighted by Gasteiger charge is -2.38. The lowest BCUT2D eigenvalue weighted by molar-refractivity contribution is -0.385. The molecular formula is C13H17FN2O4. The van der Waals surface area contributed by atoms with E-state index in [4.69, 9.17) is 4.74 Å². The minimum atomic E-state index is -0.889. The number of nitro groups is 1. The van der Waals surface area contributed by atoms with Gasteiger partial charge in [-0.15, -0.1) is 0 Å². The second kappa shape index (κ2) is 5.24. The van der Waals surface area contributed by atoms with Gasteiger partial charge in [0.15, 0.2) is 11.6 Å². The van der Waals surface area contributed by atoms with Crippen LogP contribution in [-0.2, 0) is 0 Å². The number of hydrogen-bond acceptors (Lipinski definition) is 5. The molecule has 20 heavy (non-hydrogen) atoms. The highest BCUT2D eigenvalue weighted by Crippen LogP contribution is 2.36. The van der Waals surface area contributed by atoms with E-state index in [0.717, 1.165) is 12.5 Å². The first-order valence-corrected chi connectivity index (χ1v) is 6.33. The molecule has 1 aromatic rings. The highest BCUT2D eigenvalue weighted by molar-refractivity contribution is 5.60. The van der Waals surface area contributed by atoms with Crippen molar-refractivity contribution in [2.24, 2.45) is 0 Å². The summed E-state index contributed by atoms with van der Waals surface area (Å²) >= 11 is 0. The summed E-state index contributed by atoms with van der Waals surface area (Å²) in [5.74, 6) is -0.674. The molecule has 0 bridgehead atoms. The summed E-state index contributed by atoms with van der Waals surface area (Å²) in [7, 11) is 1.30. The van der Waals surface area contributed by atoms with E-state index in [1.54, 1.807) is 11.8 Å². The van der Waals surface area contributed by atoms with Crippen molar-refractivity contribution in [1.29, 1.82) is 0 Å². The van der Waals surface area contributed by atoms with E-state index >= 15 is 0 Å². The monoisotopic (exact) mass is 284 g/mol. The Balaban J connectivity index is 2.39. The van der Waals surface area contributed by atoms with Gasteiger partial charge in [-0.3, -0.25) is 10.1 Å². The maximum Gasteiger partial charge on any atom is 0.313 e. The molecule has 1 N–H and O–H groups in total. The second-order valence-corrected chi connectivity index (χ2v) is 5.25. The number of anilines is 1. The molecule has 0 radical (unpaired) electrons. The maximum absolute atomic E-state index is 14.1. The number of β-amino-alcohol motifs (C(OH)–C–C–N with tert-alkyl or cyclic N) is 1.